The Morgan fingerprint density at radius 1 is 0.935 bits per heavy atom. The summed E-state index contributed by atoms with van der Waals surface area (Å²) < 4.78 is 13.4. The fourth-order valence-corrected chi connectivity index (χ4v) is 6.86. The predicted molar refractivity (Wildman–Crippen MR) is 179 cm³/mol. The average Bonchev–Trinajstić information content (AvgIpc) is 3.67. The summed E-state index contributed by atoms with van der Waals surface area (Å²) in [6.45, 7) is 6.43. The van der Waals surface area contributed by atoms with Crippen LogP contribution in [0.15, 0.2) is 72.9 Å². The Hall–Kier alpha value is -4.47. The van der Waals surface area contributed by atoms with Crippen molar-refractivity contribution in [2.75, 3.05) is 31.8 Å². The third-order valence-corrected chi connectivity index (χ3v) is 9.41. The molecule has 0 spiro atoms. The molecule has 1 atom stereocenters. The number of halogens is 1. The number of hydrogen-bond donors (Lipinski definition) is 1. The first kappa shape index (κ1) is 31.5. The lowest BCUT2D eigenvalue weighted by Crippen LogP contribution is -2.46. The van der Waals surface area contributed by atoms with Crippen molar-refractivity contribution in [3.05, 3.63) is 101 Å². The van der Waals surface area contributed by atoms with Gasteiger partial charge in [0.1, 0.15) is 5.75 Å². The Morgan fingerprint density at radius 3 is 2.33 bits per heavy atom. The van der Waals surface area contributed by atoms with E-state index in [1.54, 1.807) is 30.3 Å². The Morgan fingerprint density at radius 2 is 1.61 bits per heavy atom. The number of carbonyl (C=O) groups is 2. The van der Waals surface area contributed by atoms with Gasteiger partial charge in [-0.3, -0.25) is 9.59 Å². The number of fused-ring (bicyclic) bond motifs is 2. The summed E-state index contributed by atoms with van der Waals surface area (Å²) in [5.41, 5.74) is 5.65. The van der Waals surface area contributed by atoms with E-state index in [0.717, 1.165) is 49.3 Å². The van der Waals surface area contributed by atoms with E-state index in [9.17, 15) is 14.7 Å². The van der Waals surface area contributed by atoms with E-state index in [1.807, 2.05) is 51.8 Å². The van der Waals surface area contributed by atoms with Gasteiger partial charge in [0.15, 0.2) is 11.5 Å². The molecule has 4 heterocycles. The van der Waals surface area contributed by atoms with Crippen LogP contribution >= 0.6 is 12.4 Å². The molecule has 4 aromatic rings. The lowest BCUT2D eigenvalue weighted by Gasteiger charge is -2.37. The van der Waals surface area contributed by atoms with E-state index in [0.29, 0.717) is 34.9 Å². The molecule has 1 fully saturated rings. The van der Waals surface area contributed by atoms with Gasteiger partial charge < -0.3 is 33.8 Å². The molecule has 0 bridgehead atoms. The highest BCUT2D eigenvalue weighted by Crippen LogP contribution is 2.39. The quantitative estimate of drug-likeness (QED) is 0.289. The molecule has 1 N–H and O–H groups in total. The first-order valence-corrected chi connectivity index (χ1v) is 15.6. The van der Waals surface area contributed by atoms with Crippen LogP contribution in [0.2, 0.25) is 0 Å². The van der Waals surface area contributed by atoms with E-state index in [2.05, 4.69) is 31.0 Å². The van der Waals surface area contributed by atoms with Crippen molar-refractivity contribution in [3.63, 3.8) is 0 Å². The number of piperidine rings is 1. The molecule has 46 heavy (non-hydrogen) atoms. The summed E-state index contributed by atoms with van der Waals surface area (Å²) >= 11 is 0. The second kappa shape index (κ2) is 12.7. The van der Waals surface area contributed by atoms with Gasteiger partial charge in [-0.15, -0.1) is 12.4 Å². The standard InChI is InChI=1S/C36H38N4O5.ClH/c1-23-17-27(35(42)40(28-8-10-30(41)11-9-28)29-12-14-37(3)15-13-29)21-38(23)32-19-34-33(44-22-45-34)18-31(32)36(43)39-20-26-7-5-4-6-25(26)16-24(39)2;/h4-11,17-19,21,24,29,41H,12-16,20,22H2,1-3H3;1H/t24-;/m1./s1. The van der Waals surface area contributed by atoms with Crippen LogP contribution in [0.1, 0.15) is 57.3 Å². The van der Waals surface area contributed by atoms with Gasteiger partial charge in [-0.25, -0.2) is 0 Å². The third kappa shape index (κ3) is 5.81. The molecule has 9 nitrogen and oxygen atoms in total. The lowest BCUT2D eigenvalue weighted by molar-refractivity contribution is 0.0657. The summed E-state index contributed by atoms with van der Waals surface area (Å²) in [6, 6.07) is 20.6. The van der Waals surface area contributed by atoms with Crippen molar-refractivity contribution in [2.24, 2.45) is 0 Å². The number of anilines is 1. The first-order valence-electron chi connectivity index (χ1n) is 15.6. The van der Waals surface area contributed by atoms with Gasteiger partial charge in [-0.2, -0.15) is 0 Å². The summed E-state index contributed by atoms with van der Waals surface area (Å²) in [5, 5.41) is 9.94. The number of amides is 2. The maximum Gasteiger partial charge on any atom is 0.260 e. The number of benzene rings is 3. The van der Waals surface area contributed by atoms with E-state index >= 15 is 0 Å². The summed E-state index contributed by atoms with van der Waals surface area (Å²) in [7, 11) is 2.10. The number of hydrogen-bond acceptors (Lipinski definition) is 6. The summed E-state index contributed by atoms with van der Waals surface area (Å²) in [6.07, 6.45) is 4.30. The number of likely N-dealkylation sites (tertiary alicyclic amines) is 1. The molecule has 1 saturated heterocycles. The molecule has 2 amide bonds. The van der Waals surface area contributed by atoms with Gasteiger partial charge in [0.05, 0.1) is 16.8 Å². The van der Waals surface area contributed by atoms with Gasteiger partial charge in [0.25, 0.3) is 11.8 Å². The van der Waals surface area contributed by atoms with Crippen LogP contribution in [0.5, 0.6) is 17.2 Å². The molecule has 3 aromatic carbocycles. The fourth-order valence-electron chi connectivity index (χ4n) is 6.86. The molecule has 3 aliphatic rings. The molecule has 0 radical (unpaired) electrons. The van der Waals surface area contributed by atoms with Crippen molar-refractivity contribution >= 4 is 29.9 Å². The number of aromatic hydroxyl groups is 1. The minimum Gasteiger partial charge on any atom is -0.508 e. The number of phenolic OH excluding ortho intramolecular Hbond substituents is 1. The number of nitrogens with zero attached hydrogens (tertiary/aromatic N) is 4. The second-order valence-electron chi connectivity index (χ2n) is 12.4. The van der Waals surface area contributed by atoms with Crippen molar-refractivity contribution in [2.45, 2.75) is 51.7 Å². The van der Waals surface area contributed by atoms with E-state index in [-0.39, 0.29) is 48.8 Å². The summed E-state index contributed by atoms with van der Waals surface area (Å²) in [5.74, 6) is 1.05. The van der Waals surface area contributed by atoms with Crippen molar-refractivity contribution in [1.29, 1.82) is 0 Å². The molecular weight excluding hydrogens is 604 g/mol. The zero-order valence-electron chi connectivity index (χ0n) is 26.3. The molecular formula is C36H39ClN4O5. The number of ether oxygens (including phenoxy) is 2. The smallest absolute Gasteiger partial charge is 0.260 e. The Labute approximate surface area is 275 Å². The zero-order valence-corrected chi connectivity index (χ0v) is 27.1. The molecule has 1 aromatic heterocycles. The molecule has 0 unspecified atom stereocenters. The molecule has 10 heteroatoms. The Bertz CT molecular complexity index is 1760. The number of aromatic nitrogens is 1. The molecule has 0 aliphatic carbocycles. The normalized spacial score (nSPS) is 17.7. The topological polar surface area (TPSA) is 87.5 Å². The van der Waals surface area contributed by atoms with Crippen LogP contribution in [0.3, 0.4) is 0 Å². The third-order valence-electron chi connectivity index (χ3n) is 9.41. The number of rotatable bonds is 5. The zero-order chi connectivity index (χ0) is 31.2. The number of carbonyl (C=O) groups excluding carboxylic acids is 2. The fraction of sp³-hybridized carbons (Fsp3) is 0.333. The predicted octanol–water partition coefficient (Wildman–Crippen LogP) is 5.97. The average molecular weight is 643 g/mol. The Balaban J connectivity index is 0.00000372. The van der Waals surface area contributed by atoms with Gasteiger partial charge in [0.2, 0.25) is 6.79 Å². The highest BCUT2D eigenvalue weighted by atomic mass is 35.5. The maximum atomic E-state index is 14.3. The maximum absolute atomic E-state index is 14.3. The van der Waals surface area contributed by atoms with Crippen LogP contribution in [0.25, 0.3) is 5.69 Å². The molecule has 3 aliphatic heterocycles. The molecule has 0 saturated carbocycles. The first-order chi connectivity index (χ1) is 21.8. The number of aryl methyl sites for hydroxylation is 1. The van der Waals surface area contributed by atoms with Crippen LogP contribution < -0.4 is 14.4 Å². The molecule has 240 valence electrons. The van der Waals surface area contributed by atoms with Crippen LogP contribution in [0.4, 0.5) is 5.69 Å². The van der Waals surface area contributed by atoms with Crippen LogP contribution in [-0.2, 0) is 13.0 Å². The van der Waals surface area contributed by atoms with Crippen molar-refractivity contribution in [1.82, 2.24) is 14.4 Å². The molecule has 7 rings (SSSR count). The highest BCUT2D eigenvalue weighted by molar-refractivity contribution is 6.07. The monoisotopic (exact) mass is 642 g/mol. The van der Waals surface area contributed by atoms with Crippen molar-refractivity contribution < 1.29 is 24.2 Å². The van der Waals surface area contributed by atoms with Crippen LogP contribution in [-0.4, -0.2) is 70.3 Å². The van der Waals surface area contributed by atoms with E-state index in [4.69, 9.17) is 9.47 Å². The van der Waals surface area contributed by atoms with E-state index in [1.165, 1.54) is 5.56 Å². The van der Waals surface area contributed by atoms with Gasteiger partial charge >= 0.3 is 0 Å². The SMILES string of the molecule is Cc1cc(C(=O)N(c2ccc(O)cc2)C2CCN(C)CC2)cn1-c1cc2c(cc1C(=O)N1Cc3ccccc3C[C@H]1C)OCO2.Cl. The van der Waals surface area contributed by atoms with Gasteiger partial charge in [-0.1, -0.05) is 24.3 Å². The Kier molecular flexibility index (Phi) is 8.72. The highest BCUT2D eigenvalue weighted by Gasteiger charge is 2.33. The largest absolute Gasteiger partial charge is 0.508 e. The van der Waals surface area contributed by atoms with Crippen molar-refractivity contribution in [3.8, 4) is 22.9 Å². The van der Waals surface area contributed by atoms with E-state index < -0.39 is 0 Å². The van der Waals surface area contributed by atoms with Crippen LogP contribution in [0, 0.1) is 6.92 Å². The number of phenols is 1. The minimum absolute atomic E-state index is 0. The second-order valence-corrected chi connectivity index (χ2v) is 12.4. The summed E-state index contributed by atoms with van der Waals surface area (Å²) in [4.78, 5) is 34.7. The van der Waals surface area contributed by atoms with Gasteiger partial charge in [0, 0.05) is 42.3 Å². The lowest BCUT2D eigenvalue weighted by atomic mass is 9.94. The minimum atomic E-state index is -0.119. The van der Waals surface area contributed by atoms with Gasteiger partial charge in [-0.05, 0) is 101 Å².